The molecule has 2 heterocycles. The van der Waals surface area contributed by atoms with Gasteiger partial charge in [0.25, 0.3) is 10.0 Å². The normalized spacial score (nSPS) is 19.0. The zero-order chi connectivity index (χ0) is 16.4. The highest BCUT2D eigenvalue weighted by molar-refractivity contribution is 7.89. The van der Waals surface area contributed by atoms with Gasteiger partial charge in [-0.25, -0.2) is 13.4 Å². The van der Waals surface area contributed by atoms with Crippen molar-refractivity contribution in [2.45, 2.75) is 24.5 Å². The molecule has 1 saturated heterocycles. The summed E-state index contributed by atoms with van der Waals surface area (Å²) in [5.74, 6) is 0. The Morgan fingerprint density at radius 3 is 2.92 bits per heavy atom. The van der Waals surface area contributed by atoms with E-state index in [1.54, 1.807) is 21.3 Å². The van der Waals surface area contributed by atoms with Crippen molar-refractivity contribution in [3.63, 3.8) is 0 Å². The van der Waals surface area contributed by atoms with Crippen molar-refractivity contribution in [2.75, 3.05) is 19.6 Å². The second-order valence-electron chi connectivity index (χ2n) is 5.41. The first-order chi connectivity index (χ1) is 11.0. The number of aryl methyl sites for hydroxylation is 1. The van der Waals surface area contributed by atoms with Gasteiger partial charge >= 0.3 is 0 Å². The topological polar surface area (TPSA) is 67.2 Å². The molecule has 1 atom stereocenters. The number of aromatic nitrogens is 2. The molecule has 1 fully saturated rings. The lowest BCUT2D eigenvalue weighted by Crippen LogP contribution is -2.48. The van der Waals surface area contributed by atoms with E-state index < -0.39 is 10.0 Å². The van der Waals surface area contributed by atoms with E-state index in [4.69, 9.17) is 11.6 Å². The summed E-state index contributed by atoms with van der Waals surface area (Å²) in [7, 11) is -3.62. The zero-order valence-corrected chi connectivity index (χ0v) is 15.6. The molecule has 24 heavy (non-hydrogen) atoms. The van der Waals surface area contributed by atoms with Gasteiger partial charge in [-0.2, -0.15) is 4.31 Å². The average Bonchev–Trinajstić information content (AvgIpc) is 3.04. The van der Waals surface area contributed by atoms with Crippen molar-refractivity contribution in [1.29, 1.82) is 0 Å². The molecule has 2 aromatic rings. The predicted molar refractivity (Wildman–Crippen MR) is 96.1 cm³/mol. The van der Waals surface area contributed by atoms with Crippen molar-refractivity contribution in [1.82, 2.24) is 19.2 Å². The van der Waals surface area contributed by atoms with Crippen LogP contribution in [0.5, 0.6) is 0 Å². The standard InChI is InChI=1S/C15H19ClN4O2S.ClH/c1-2-19-11-18-10-15(19)23(21,22)20-7-6-17-9-14(20)12-4-3-5-13(16)8-12;/h3-5,8,10-11,14,17H,2,6-7,9H2,1H3;1H. The van der Waals surface area contributed by atoms with Crippen LogP contribution in [-0.4, -0.2) is 41.9 Å². The van der Waals surface area contributed by atoms with Crippen LogP contribution in [0, 0.1) is 0 Å². The van der Waals surface area contributed by atoms with E-state index in [-0.39, 0.29) is 23.5 Å². The molecule has 132 valence electrons. The zero-order valence-electron chi connectivity index (χ0n) is 13.2. The fourth-order valence-electron chi connectivity index (χ4n) is 2.85. The van der Waals surface area contributed by atoms with Crippen molar-refractivity contribution < 1.29 is 8.42 Å². The largest absolute Gasteiger partial charge is 0.321 e. The molecule has 1 aliphatic heterocycles. The summed E-state index contributed by atoms with van der Waals surface area (Å²) >= 11 is 6.07. The quantitative estimate of drug-likeness (QED) is 0.869. The Bertz CT molecular complexity index is 794. The molecule has 3 rings (SSSR count). The summed E-state index contributed by atoms with van der Waals surface area (Å²) in [5.41, 5.74) is 0.885. The monoisotopic (exact) mass is 390 g/mol. The smallest absolute Gasteiger partial charge is 0.260 e. The molecule has 1 aromatic carbocycles. The van der Waals surface area contributed by atoms with Crippen molar-refractivity contribution in [3.8, 4) is 0 Å². The van der Waals surface area contributed by atoms with E-state index in [1.165, 1.54) is 6.20 Å². The lowest BCUT2D eigenvalue weighted by atomic mass is 10.1. The van der Waals surface area contributed by atoms with Crippen LogP contribution >= 0.6 is 24.0 Å². The highest BCUT2D eigenvalue weighted by atomic mass is 35.5. The Morgan fingerprint density at radius 2 is 2.21 bits per heavy atom. The molecule has 0 spiro atoms. The maximum atomic E-state index is 13.1. The lowest BCUT2D eigenvalue weighted by molar-refractivity contribution is 0.270. The van der Waals surface area contributed by atoms with Gasteiger partial charge in [0, 0.05) is 31.2 Å². The SMILES string of the molecule is CCn1cncc1S(=O)(=O)N1CCNCC1c1cccc(Cl)c1.Cl. The third-order valence-corrected chi connectivity index (χ3v) is 6.17. The molecular weight excluding hydrogens is 371 g/mol. The van der Waals surface area contributed by atoms with Crippen LogP contribution in [0.1, 0.15) is 18.5 Å². The van der Waals surface area contributed by atoms with Gasteiger partial charge in [0.1, 0.15) is 0 Å². The molecule has 6 nitrogen and oxygen atoms in total. The number of halogens is 2. The van der Waals surface area contributed by atoms with E-state index in [1.807, 2.05) is 25.1 Å². The van der Waals surface area contributed by atoms with E-state index >= 15 is 0 Å². The second-order valence-corrected chi connectivity index (χ2v) is 7.68. The first kappa shape index (κ1) is 19.2. The van der Waals surface area contributed by atoms with Gasteiger partial charge in [-0.05, 0) is 24.6 Å². The maximum absolute atomic E-state index is 13.1. The molecule has 0 aliphatic carbocycles. The number of imidazole rings is 1. The van der Waals surface area contributed by atoms with Gasteiger partial charge in [0.05, 0.1) is 18.6 Å². The van der Waals surface area contributed by atoms with Gasteiger partial charge in [-0.15, -0.1) is 12.4 Å². The molecule has 0 saturated carbocycles. The average molecular weight is 391 g/mol. The van der Waals surface area contributed by atoms with Crippen LogP contribution in [-0.2, 0) is 16.6 Å². The first-order valence-corrected chi connectivity index (χ1v) is 9.34. The highest BCUT2D eigenvalue weighted by Crippen LogP contribution is 2.30. The van der Waals surface area contributed by atoms with Crippen molar-refractivity contribution in [3.05, 3.63) is 47.4 Å². The second kappa shape index (κ2) is 7.84. The fraction of sp³-hybridized carbons (Fsp3) is 0.400. The summed E-state index contributed by atoms with van der Waals surface area (Å²) in [6, 6.07) is 7.06. The minimum absolute atomic E-state index is 0. The predicted octanol–water partition coefficient (Wildman–Crippen LogP) is 2.31. The number of hydrogen-bond donors (Lipinski definition) is 1. The molecule has 1 aliphatic rings. The Kier molecular flexibility index (Phi) is 6.28. The lowest BCUT2D eigenvalue weighted by Gasteiger charge is -2.35. The van der Waals surface area contributed by atoms with Crippen molar-refractivity contribution in [2.24, 2.45) is 0 Å². The summed E-state index contributed by atoms with van der Waals surface area (Å²) in [4.78, 5) is 3.99. The minimum Gasteiger partial charge on any atom is -0.321 e. The molecule has 0 bridgehead atoms. The van der Waals surface area contributed by atoms with Crippen LogP contribution in [0.2, 0.25) is 5.02 Å². The van der Waals surface area contributed by atoms with Crippen molar-refractivity contribution >= 4 is 34.0 Å². The molecule has 1 N–H and O–H groups in total. The third-order valence-electron chi connectivity index (χ3n) is 4.02. The molecule has 1 unspecified atom stereocenters. The van der Waals surface area contributed by atoms with E-state index in [0.29, 0.717) is 31.2 Å². The number of nitrogens with one attached hydrogen (secondary N) is 1. The summed E-state index contributed by atoms with van der Waals surface area (Å²) < 4.78 is 29.4. The number of piperazine rings is 1. The number of hydrogen-bond acceptors (Lipinski definition) is 4. The highest BCUT2D eigenvalue weighted by Gasteiger charge is 2.36. The summed E-state index contributed by atoms with van der Waals surface area (Å²) in [6.45, 7) is 4.04. The van der Waals surface area contributed by atoms with Gasteiger partial charge in [-0.1, -0.05) is 23.7 Å². The summed E-state index contributed by atoms with van der Waals surface area (Å²) in [5, 5.41) is 4.09. The number of nitrogens with zero attached hydrogens (tertiary/aromatic N) is 3. The first-order valence-electron chi connectivity index (χ1n) is 7.52. The Hall–Kier alpha value is -1.12. The molecule has 0 radical (unpaired) electrons. The number of sulfonamides is 1. The Labute approximate surface area is 153 Å². The van der Waals surface area contributed by atoms with E-state index in [0.717, 1.165) is 5.56 Å². The minimum atomic E-state index is -3.62. The third kappa shape index (κ3) is 3.60. The number of benzene rings is 1. The van der Waals surface area contributed by atoms with Gasteiger partial charge < -0.3 is 9.88 Å². The van der Waals surface area contributed by atoms with Crippen LogP contribution < -0.4 is 5.32 Å². The maximum Gasteiger partial charge on any atom is 0.260 e. The van der Waals surface area contributed by atoms with Crippen LogP contribution in [0.15, 0.2) is 41.8 Å². The Balaban J connectivity index is 0.00000208. The van der Waals surface area contributed by atoms with Crippen LogP contribution in [0.3, 0.4) is 0 Å². The number of rotatable bonds is 4. The molecule has 0 amide bonds. The van der Waals surface area contributed by atoms with Gasteiger partial charge in [0.15, 0.2) is 5.03 Å². The molecule has 1 aromatic heterocycles. The molecular formula is C15H20Cl2N4O2S. The van der Waals surface area contributed by atoms with E-state index in [2.05, 4.69) is 10.3 Å². The van der Waals surface area contributed by atoms with Gasteiger partial charge in [0.2, 0.25) is 0 Å². The fourth-order valence-corrected chi connectivity index (χ4v) is 4.82. The van der Waals surface area contributed by atoms with Crippen LogP contribution in [0.25, 0.3) is 0 Å². The molecule has 9 heteroatoms. The van der Waals surface area contributed by atoms with E-state index in [9.17, 15) is 8.42 Å². The summed E-state index contributed by atoms with van der Waals surface area (Å²) in [6.07, 6.45) is 2.96. The Morgan fingerprint density at radius 1 is 1.42 bits per heavy atom. The van der Waals surface area contributed by atoms with Gasteiger partial charge in [-0.3, -0.25) is 0 Å². The van der Waals surface area contributed by atoms with Crippen LogP contribution in [0.4, 0.5) is 0 Å².